The molecule has 2 aromatic heterocycles. The Morgan fingerprint density at radius 3 is 2.20 bits per heavy atom. The highest BCUT2D eigenvalue weighted by Crippen LogP contribution is 2.32. The molecule has 0 aliphatic carbocycles. The predicted octanol–water partition coefficient (Wildman–Crippen LogP) is 3.42. The Kier molecular flexibility index (Phi) is 3.77. The first-order valence-corrected chi connectivity index (χ1v) is 7.26. The van der Waals surface area contributed by atoms with E-state index < -0.39 is 0 Å². The van der Waals surface area contributed by atoms with Gasteiger partial charge in [0.25, 0.3) is 5.22 Å². The normalized spacial score (nSPS) is 11.9. The summed E-state index contributed by atoms with van der Waals surface area (Å²) in [5.74, 6) is 2.05. The molecule has 20 heavy (non-hydrogen) atoms. The van der Waals surface area contributed by atoms with Crippen LogP contribution in [0.4, 0.5) is 5.82 Å². The zero-order chi connectivity index (χ0) is 15.1. The molecule has 0 aliphatic rings. The number of oxazole rings is 1. The van der Waals surface area contributed by atoms with Crippen LogP contribution in [-0.2, 0) is 5.41 Å². The van der Waals surface area contributed by atoms with Gasteiger partial charge in [0, 0.05) is 11.0 Å². The van der Waals surface area contributed by atoms with E-state index >= 15 is 0 Å². The molecule has 6 heteroatoms. The summed E-state index contributed by atoms with van der Waals surface area (Å²) in [7, 11) is 0. The van der Waals surface area contributed by atoms with E-state index in [0.29, 0.717) is 11.0 Å². The summed E-state index contributed by atoms with van der Waals surface area (Å²) in [4.78, 5) is 13.3. The fraction of sp³-hybridized carbons (Fsp3) is 0.500. The van der Waals surface area contributed by atoms with E-state index in [9.17, 15) is 0 Å². The summed E-state index contributed by atoms with van der Waals surface area (Å²) in [5, 5.41) is 1.38. The van der Waals surface area contributed by atoms with Crippen LogP contribution in [0, 0.1) is 20.8 Å². The van der Waals surface area contributed by atoms with E-state index in [4.69, 9.17) is 10.2 Å². The summed E-state index contributed by atoms with van der Waals surface area (Å²) < 4.78 is 5.59. The molecule has 5 nitrogen and oxygen atoms in total. The standard InChI is InChI=1S/C14H20N4OS/c1-7-10(15)17-12(14(4,5)6)18-11(7)20-13-16-8(2)9(3)19-13/h1-6H3,(H2,15,17,18). The van der Waals surface area contributed by atoms with Crippen molar-refractivity contribution < 1.29 is 4.42 Å². The van der Waals surface area contributed by atoms with E-state index in [1.54, 1.807) is 0 Å². The molecule has 0 atom stereocenters. The molecule has 0 fully saturated rings. The van der Waals surface area contributed by atoms with E-state index in [0.717, 1.165) is 27.9 Å². The first-order valence-electron chi connectivity index (χ1n) is 6.45. The van der Waals surface area contributed by atoms with E-state index in [-0.39, 0.29) is 5.41 Å². The quantitative estimate of drug-likeness (QED) is 0.854. The van der Waals surface area contributed by atoms with Crippen LogP contribution >= 0.6 is 11.8 Å². The van der Waals surface area contributed by atoms with Crippen LogP contribution in [0.2, 0.25) is 0 Å². The number of aromatic nitrogens is 3. The largest absolute Gasteiger partial charge is 0.436 e. The third kappa shape index (κ3) is 2.95. The van der Waals surface area contributed by atoms with Crippen molar-refractivity contribution >= 4 is 17.6 Å². The van der Waals surface area contributed by atoms with Crippen LogP contribution in [0.5, 0.6) is 0 Å². The van der Waals surface area contributed by atoms with E-state index in [1.807, 2.05) is 20.8 Å². The van der Waals surface area contributed by atoms with Crippen LogP contribution in [0.25, 0.3) is 0 Å². The third-order valence-corrected chi connectivity index (χ3v) is 3.94. The molecule has 108 valence electrons. The van der Waals surface area contributed by atoms with Gasteiger partial charge in [-0.2, -0.15) is 0 Å². The number of hydrogen-bond donors (Lipinski definition) is 1. The summed E-state index contributed by atoms with van der Waals surface area (Å²) in [6.07, 6.45) is 0. The molecule has 0 saturated heterocycles. The van der Waals surface area contributed by atoms with Gasteiger partial charge in [-0.25, -0.2) is 15.0 Å². The van der Waals surface area contributed by atoms with Crippen LogP contribution < -0.4 is 5.73 Å². The Bertz CT molecular complexity index is 624. The van der Waals surface area contributed by atoms with Gasteiger partial charge in [-0.05, 0) is 32.5 Å². The van der Waals surface area contributed by atoms with Crippen molar-refractivity contribution in [1.82, 2.24) is 15.0 Å². The van der Waals surface area contributed by atoms with Crippen molar-refractivity contribution in [2.24, 2.45) is 0 Å². The second-order valence-electron chi connectivity index (χ2n) is 5.84. The molecule has 0 unspecified atom stereocenters. The zero-order valence-electron chi connectivity index (χ0n) is 12.7. The van der Waals surface area contributed by atoms with Crippen LogP contribution in [0.1, 0.15) is 43.6 Å². The highest BCUT2D eigenvalue weighted by atomic mass is 32.2. The molecule has 0 saturated carbocycles. The first-order chi connectivity index (χ1) is 9.18. The number of nitrogens with zero attached hydrogens (tertiary/aromatic N) is 3. The van der Waals surface area contributed by atoms with Crippen molar-refractivity contribution in [3.8, 4) is 0 Å². The topological polar surface area (TPSA) is 77.8 Å². The minimum Gasteiger partial charge on any atom is -0.436 e. The lowest BCUT2D eigenvalue weighted by atomic mass is 9.95. The van der Waals surface area contributed by atoms with Gasteiger partial charge in [-0.1, -0.05) is 20.8 Å². The average molecular weight is 292 g/mol. The molecular formula is C14H20N4OS. The fourth-order valence-electron chi connectivity index (χ4n) is 1.52. The minimum atomic E-state index is -0.153. The van der Waals surface area contributed by atoms with E-state index in [2.05, 4.69) is 35.7 Å². The van der Waals surface area contributed by atoms with Gasteiger partial charge < -0.3 is 10.2 Å². The number of aryl methyl sites for hydroxylation is 2. The molecular weight excluding hydrogens is 272 g/mol. The molecule has 2 aromatic rings. The summed E-state index contributed by atoms with van der Waals surface area (Å²) >= 11 is 1.38. The molecule has 2 rings (SSSR count). The molecule has 0 aromatic carbocycles. The Morgan fingerprint density at radius 2 is 1.70 bits per heavy atom. The Balaban J connectivity index is 2.43. The molecule has 2 N–H and O–H groups in total. The maximum atomic E-state index is 5.99. The molecule has 0 amide bonds. The molecule has 2 heterocycles. The van der Waals surface area contributed by atoms with Gasteiger partial charge in [0.1, 0.15) is 22.4 Å². The van der Waals surface area contributed by atoms with Gasteiger partial charge in [-0.3, -0.25) is 0 Å². The van der Waals surface area contributed by atoms with Gasteiger partial charge >= 0.3 is 0 Å². The lowest BCUT2D eigenvalue weighted by Gasteiger charge is -2.18. The summed E-state index contributed by atoms with van der Waals surface area (Å²) in [6.45, 7) is 11.9. The average Bonchev–Trinajstić information content (AvgIpc) is 2.62. The maximum absolute atomic E-state index is 5.99. The van der Waals surface area contributed by atoms with Gasteiger partial charge in [0.2, 0.25) is 0 Å². The van der Waals surface area contributed by atoms with Crippen LogP contribution in [0.15, 0.2) is 14.7 Å². The third-order valence-electron chi connectivity index (χ3n) is 3.00. The number of anilines is 1. The van der Waals surface area contributed by atoms with E-state index in [1.165, 1.54) is 11.8 Å². The molecule has 0 aliphatic heterocycles. The first kappa shape index (κ1) is 14.8. The SMILES string of the molecule is Cc1nc(Sc2nc(C(C)(C)C)nc(N)c2C)oc1C. The minimum absolute atomic E-state index is 0.153. The van der Waals surface area contributed by atoms with Crippen molar-refractivity contribution in [2.75, 3.05) is 5.73 Å². The zero-order valence-corrected chi connectivity index (χ0v) is 13.6. The predicted molar refractivity (Wildman–Crippen MR) is 80.0 cm³/mol. The number of rotatable bonds is 2. The molecule has 0 bridgehead atoms. The monoisotopic (exact) mass is 292 g/mol. The van der Waals surface area contributed by atoms with Crippen LogP contribution in [0.3, 0.4) is 0 Å². The second-order valence-corrected chi connectivity index (χ2v) is 6.78. The Labute approximate surface area is 123 Å². The lowest BCUT2D eigenvalue weighted by Crippen LogP contribution is -2.18. The highest BCUT2D eigenvalue weighted by molar-refractivity contribution is 7.99. The molecule has 0 spiro atoms. The van der Waals surface area contributed by atoms with Gasteiger partial charge in [0.05, 0.1) is 5.69 Å². The smallest absolute Gasteiger partial charge is 0.262 e. The second kappa shape index (κ2) is 5.09. The van der Waals surface area contributed by atoms with Crippen molar-refractivity contribution in [3.05, 3.63) is 22.8 Å². The summed E-state index contributed by atoms with van der Waals surface area (Å²) in [6, 6.07) is 0. The maximum Gasteiger partial charge on any atom is 0.262 e. The van der Waals surface area contributed by atoms with Crippen molar-refractivity contribution in [3.63, 3.8) is 0 Å². The lowest BCUT2D eigenvalue weighted by molar-refractivity contribution is 0.430. The Morgan fingerprint density at radius 1 is 1.05 bits per heavy atom. The molecule has 0 radical (unpaired) electrons. The fourth-order valence-corrected chi connectivity index (χ4v) is 2.42. The highest BCUT2D eigenvalue weighted by Gasteiger charge is 2.21. The Hall–Kier alpha value is -1.56. The van der Waals surface area contributed by atoms with Crippen molar-refractivity contribution in [2.45, 2.75) is 57.2 Å². The van der Waals surface area contributed by atoms with Crippen molar-refractivity contribution in [1.29, 1.82) is 0 Å². The van der Waals surface area contributed by atoms with Gasteiger partial charge in [0.15, 0.2) is 0 Å². The number of nitrogens with two attached hydrogens (primary N) is 1. The van der Waals surface area contributed by atoms with Gasteiger partial charge in [-0.15, -0.1) is 0 Å². The van der Waals surface area contributed by atoms with Crippen LogP contribution in [-0.4, -0.2) is 15.0 Å². The number of hydrogen-bond acceptors (Lipinski definition) is 6. The summed E-state index contributed by atoms with van der Waals surface area (Å²) in [5.41, 5.74) is 7.59. The number of nitrogen functional groups attached to an aromatic ring is 1.